The maximum atomic E-state index is 10.9. The molecular formula is C7H13NO2. The molecule has 3 unspecified atom stereocenters. The lowest BCUT2D eigenvalue weighted by Crippen LogP contribution is -2.52. The van der Waals surface area contributed by atoms with E-state index in [0.717, 1.165) is 0 Å². The van der Waals surface area contributed by atoms with Crippen molar-refractivity contribution in [2.45, 2.75) is 39.0 Å². The number of ether oxygens (including phenoxy) is 1. The molecule has 1 fully saturated rings. The Bertz CT molecular complexity index is 147. The first-order valence-electron chi connectivity index (χ1n) is 3.57. The Balaban J connectivity index is 2.54. The van der Waals surface area contributed by atoms with Crippen LogP contribution in [0, 0.1) is 0 Å². The van der Waals surface area contributed by atoms with Crippen molar-refractivity contribution in [3.8, 4) is 0 Å². The highest BCUT2D eigenvalue weighted by molar-refractivity contribution is 5.81. The van der Waals surface area contributed by atoms with Crippen molar-refractivity contribution in [1.82, 2.24) is 5.32 Å². The van der Waals surface area contributed by atoms with Gasteiger partial charge in [-0.1, -0.05) is 0 Å². The molecule has 0 aliphatic carbocycles. The highest BCUT2D eigenvalue weighted by Crippen LogP contribution is 2.08. The van der Waals surface area contributed by atoms with E-state index in [2.05, 4.69) is 5.32 Å². The summed E-state index contributed by atoms with van der Waals surface area (Å²) in [6.07, 6.45) is -0.154. The second-order valence-corrected chi connectivity index (χ2v) is 2.78. The fourth-order valence-corrected chi connectivity index (χ4v) is 0.961. The molecule has 0 spiro atoms. The van der Waals surface area contributed by atoms with E-state index in [1.165, 1.54) is 0 Å². The summed E-state index contributed by atoms with van der Waals surface area (Å²) in [4.78, 5) is 10.9. The first-order valence-corrected chi connectivity index (χ1v) is 3.57. The quantitative estimate of drug-likeness (QED) is 0.529. The van der Waals surface area contributed by atoms with Gasteiger partial charge in [0, 0.05) is 0 Å². The predicted molar refractivity (Wildman–Crippen MR) is 37.6 cm³/mol. The summed E-state index contributed by atoms with van der Waals surface area (Å²) < 4.78 is 5.30. The summed E-state index contributed by atoms with van der Waals surface area (Å²) in [5.41, 5.74) is 0. The van der Waals surface area contributed by atoms with Crippen LogP contribution in [0.25, 0.3) is 0 Å². The maximum Gasteiger partial charge on any atom is 0.249 e. The summed E-state index contributed by atoms with van der Waals surface area (Å²) in [5, 5.41) is 2.81. The van der Waals surface area contributed by atoms with E-state index >= 15 is 0 Å². The van der Waals surface area contributed by atoms with Crippen LogP contribution in [0.3, 0.4) is 0 Å². The molecule has 1 heterocycles. The monoisotopic (exact) mass is 143 g/mol. The molecule has 1 N–H and O–H groups in total. The van der Waals surface area contributed by atoms with E-state index in [4.69, 9.17) is 4.74 Å². The first-order chi connectivity index (χ1) is 4.61. The van der Waals surface area contributed by atoms with Crippen LogP contribution in [0.2, 0.25) is 0 Å². The Kier molecular flexibility index (Phi) is 1.94. The zero-order chi connectivity index (χ0) is 7.72. The van der Waals surface area contributed by atoms with E-state index in [1.807, 2.05) is 13.8 Å². The molecule has 0 bridgehead atoms. The van der Waals surface area contributed by atoms with E-state index in [1.54, 1.807) is 6.92 Å². The van der Waals surface area contributed by atoms with Gasteiger partial charge in [-0.15, -0.1) is 0 Å². The van der Waals surface area contributed by atoms with Gasteiger partial charge in [0.05, 0.1) is 12.1 Å². The van der Waals surface area contributed by atoms with Gasteiger partial charge < -0.3 is 10.1 Å². The molecule has 58 valence electrons. The summed E-state index contributed by atoms with van der Waals surface area (Å²) in [5.74, 6) is -0.00870. The van der Waals surface area contributed by atoms with Gasteiger partial charge in [-0.3, -0.25) is 4.79 Å². The average molecular weight is 143 g/mol. The molecule has 1 aliphatic heterocycles. The number of carbonyl (C=O) groups is 1. The van der Waals surface area contributed by atoms with Crippen molar-refractivity contribution < 1.29 is 9.53 Å². The third-order valence-electron chi connectivity index (χ3n) is 1.86. The van der Waals surface area contributed by atoms with Gasteiger partial charge in [0.1, 0.15) is 6.10 Å². The molecule has 10 heavy (non-hydrogen) atoms. The van der Waals surface area contributed by atoms with Gasteiger partial charge in [-0.25, -0.2) is 0 Å². The third kappa shape index (κ3) is 1.29. The Morgan fingerprint density at radius 1 is 1.40 bits per heavy atom. The van der Waals surface area contributed by atoms with E-state index in [0.29, 0.717) is 0 Å². The van der Waals surface area contributed by atoms with Crippen LogP contribution >= 0.6 is 0 Å². The number of nitrogens with one attached hydrogen (secondary N) is 1. The van der Waals surface area contributed by atoms with Crippen molar-refractivity contribution in [1.29, 1.82) is 0 Å². The highest BCUT2D eigenvalue weighted by atomic mass is 16.5. The third-order valence-corrected chi connectivity index (χ3v) is 1.86. The minimum Gasteiger partial charge on any atom is -0.364 e. The normalized spacial score (nSPS) is 41.1. The number of rotatable bonds is 0. The second-order valence-electron chi connectivity index (χ2n) is 2.78. The second kappa shape index (κ2) is 2.58. The van der Waals surface area contributed by atoms with Gasteiger partial charge in [-0.05, 0) is 20.8 Å². The molecule has 0 aromatic heterocycles. The molecule has 3 heteroatoms. The molecule has 1 rings (SSSR count). The SMILES string of the molecule is CC1OC(C)C(C)NC1=O. The maximum absolute atomic E-state index is 10.9. The lowest BCUT2D eigenvalue weighted by Gasteiger charge is -2.30. The van der Waals surface area contributed by atoms with Crippen molar-refractivity contribution in [3.63, 3.8) is 0 Å². The van der Waals surface area contributed by atoms with Crippen LogP contribution in [0.15, 0.2) is 0 Å². The average Bonchev–Trinajstić information content (AvgIpc) is 1.84. The molecule has 1 aliphatic rings. The Labute approximate surface area is 60.7 Å². The molecule has 0 saturated carbocycles. The van der Waals surface area contributed by atoms with Crippen LogP contribution in [0.5, 0.6) is 0 Å². The molecule has 3 nitrogen and oxygen atoms in total. The molecule has 1 amide bonds. The lowest BCUT2D eigenvalue weighted by atomic mass is 10.1. The van der Waals surface area contributed by atoms with Crippen molar-refractivity contribution in [2.24, 2.45) is 0 Å². The predicted octanol–water partition coefficient (Wildman–Crippen LogP) is 0.298. The standard InChI is InChI=1S/C7H13NO2/c1-4-5(2)10-6(3)7(9)8-4/h4-6H,1-3H3,(H,8,9). The zero-order valence-electron chi connectivity index (χ0n) is 6.55. The molecule has 1 saturated heterocycles. The van der Waals surface area contributed by atoms with Crippen LogP contribution in [0.4, 0.5) is 0 Å². The zero-order valence-corrected chi connectivity index (χ0v) is 6.55. The number of hydrogen-bond donors (Lipinski definition) is 1. The summed E-state index contributed by atoms with van der Waals surface area (Å²) in [6, 6.07) is 0.142. The number of carbonyl (C=O) groups excluding carboxylic acids is 1. The molecule has 0 radical (unpaired) electrons. The fraction of sp³-hybridized carbons (Fsp3) is 0.857. The van der Waals surface area contributed by atoms with E-state index in [9.17, 15) is 4.79 Å². The van der Waals surface area contributed by atoms with Gasteiger partial charge >= 0.3 is 0 Å². The van der Waals surface area contributed by atoms with Crippen LogP contribution in [0.1, 0.15) is 20.8 Å². The van der Waals surface area contributed by atoms with Crippen molar-refractivity contribution in [2.75, 3.05) is 0 Å². The van der Waals surface area contributed by atoms with Crippen molar-refractivity contribution in [3.05, 3.63) is 0 Å². The fourth-order valence-electron chi connectivity index (χ4n) is 0.961. The van der Waals surface area contributed by atoms with Crippen LogP contribution < -0.4 is 5.32 Å². The van der Waals surface area contributed by atoms with Gasteiger partial charge in [-0.2, -0.15) is 0 Å². The Morgan fingerprint density at radius 3 is 2.50 bits per heavy atom. The largest absolute Gasteiger partial charge is 0.364 e. The van der Waals surface area contributed by atoms with Gasteiger partial charge in [0.15, 0.2) is 0 Å². The van der Waals surface area contributed by atoms with Crippen LogP contribution in [-0.4, -0.2) is 24.2 Å². The Morgan fingerprint density at radius 2 is 2.00 bits per heavy atom. The first kappa shape index (κ1) is 7.54. The molecule has 0 aromatic rings. The summed E-state index contributed by atoms with van der Waals surface area (Å²) in [7, 11) is 0. The summed E-state index contributed by atoms with van der Waals surface area (Å²) in [6.45, 7) is 5.66. The topological polar surface area (TPSA) is 38.3 Å². The van der Waals surface area contributed by atoms with Crippen molar-refractivity contribution >= 4 is 5.91 Å². The molecular weight excluding hydrogens is 130 g/mol. The minimum atomic E-state index is -0.286. The molecule has 0 aromatic carbocycles. The van der Waals surface area contributed by atoms with Crippen LogP contribution in [-0.2, 0) is 9.53 Å². The number of morpholine rings is 1. The van der Waals surface area contributed by atoms with E-state index in [-0.39, 0.29) is 24.2 Å². The lowest BCUT2D eigenvalue weighted by molar-refractivity contribution is -0.145. The van der Waals surface area contributed by atoms with E-state index < -0.39 is 0 Å². The van der Waals surface area contributed by atoms with Gasteiger partial charge in [0.25, 0.3) is 0 Å². The molecule has 3 atom stereocenters. The van der Waals surface area contributed by atoms with Gasteiger partial charge in [0.2, 0.25) is 5.91 Å². The minimum absolute atomic E-state index is 0.00870. The number of amides is 1. The number of hydrogen-bond acceptors (Lipinski definition) is 2. The summed E-state index contributed by atoms with van der Waals surface area (Å²) >= 11 is 0. The smallest absolute Gasteiger partial charge is 0.249 e. The Hall–Kier alpha value is -0.570. The highest BCUT2D eigenvalue weighted by Gasteiger charge is 2.27.